The van der Waals surface area contributed by atoms with Crippen molar-refractivity contribution in [3.8, 4) is 11.1 Å². The standard InChI is InChI=1S/C24H30F3N/c1-2-3-4-5-17-6-8-18(9-7-17)19-10-12-20(13-11-19)21-14-15-23(28)22(16-21)24(25,26)27/h10-18H,2-9,28H2,1H3. The van der Waals surface area contributed by atoms with Crippen molar-refractivity contribution in [2.75, 3.05) is 5.73 Å². The highest BCUT2D eigenvalue weighted by atomic mass is 19.4. The van der Waals surface area contributed by atoms with Crippen LogP contribution in [0.2, 0.25) is 0 Å². The number of benzene rings is 2. The quantitative estimate of drug-likeness (QED) is 0.396. The molecule has 0 radical (unpaired) electrons. The molecule has 152 valence electrons. The highest BCUT2D eigenvalue weighted by molar-refractivity contribution is 5.68. The molecule has 0 amide bonds. The van der Waals surface area contributed by atoms with Gasteiger partial charge in [0.2, 0.25) is 0 Å². The molecule has 0 unspecified atom stereocenters. The molecule has 2 aromatic rings. The van der Waals surface area contributed by atoms with E-state index in [9.17, 15) is 13.2 Å². The number of nitrogen functional groups attached to an aromatic ring is 1. The summed E-state index contributed by atoms with van der Waals surface area (Å²) in [6.07, 6.45) is 5.91. The highest BCUT2D eigenvalue weighted by Gasteiger charge is 2.33. The molecule has 1 aliphatic rings. The molecule has 2 aromatic carbocycles. The molecule has 3 rings (SSSR count). The van der Waals surface area contributed by atoms with Gasteiger partial charge in [-0.3, -0.25) is 0 Å². The van der Waals surface area contributed by atoms with Gasteiger partial charge in [0.15, 0.2) is 0 Å². The maximum absolute atomic E-state index is 13.1. The van der Waals surface area contributed by atoms with Crippen molar-refractivity contribution in [1.82, 2.24) is 0 Å². The predicted molar refractivity (Wildman–Crippen MR) is 110 cm³/mol. The monoisotopic (exact) mass is 389 g/mol. The van der Waals surface area contributed by atoms with E-state index >= 15 is 0 Å². The highest BCUT2D eigenvalue weighted by Crippen LogP contribution is 2.39. The topological polar surface area (TPSA) is 26.0 Å². The smallest absolute Gasteiger partial charge is 0.398 e. The first-order chi connectivity index (χ1) is 13.4. The molecular formula is C24H30F3N. The molecule has 0 atom stereocenters. The molecule has 0 heterocycles. The summed E-state index contributed by atoms with van der Waals surface area (Å²) in [6.45, 7) is 2.24. The van der Waals surface area contributed by atoms with Crippen LogP contribution in [0.4, 0.5) is 18.9 Å². The second-order valence-corrected chi connectivity index (χ2v) is 8.14. The van der Waals surface area contributed by atoms with Crippen molar-refractivity contribution < 1.29 is 13.2 Å². The van der Waals surface area contributed by atoms with Crippen molar-refractivity contribution in [3.05, 3.63) is 53.6 Å². The van der Waals surface area contributed by atoms with Gasteiger partial charge in [0.1, 0.15) is 0 Å². The maximum Gasteiger partial charge on any atom is 0.418 e. The summed E-state index contributed by atoms with van der Waals surface area (Å²) in [4.78, 5) is 0. The average molecular weight is 390 g/mol. The second-order valence-electron chi connectivity index (χ2n) is 8.14. The van der Waals surface area contributed by atoms with Crippen molar-refractivity contribution in [2.24, 2.45) is 5.92 Å². The van der Waals surface area contributed by atoms with E-state index in [1.165, 1.54) is 63.0 Å². The first-order valence-corrected chi connectivity index (χ1v) is 10.5. The Bertz CT molecular complexity index is 756. The lowest BCUT2D eigenvalue weighted by Crippen LogP contribution is -2.13. The number of rotatable bonds is 6. The zero-order valence-electron chi connectivity index (χ0n) is 16.6. The van der Waals surface area contributed by atoms with Crippen LogP contribution in [0, 0.1) is 5.92 Å². The van der Waals surface area contributed by atoms with Gasteiger partial charge in [-0.2, -0.15) is 13.2 Å². The number of hydrogen-bond donors (Lipinski definition) is 1. The van der Waals surface area contributed by atoms with Gasteiger partial charge < -0.3 is 5.73 Å². The summed E-state index contributed by atoms with van der Waals surface area (Å²) in [5, 5.41) is 0. The Morgan fingerprint density at radius 1 is 0.893 bits per heavy atom. The van der Waals surface area contributed by atoms with Crippen LogP contribution in [0.5, 0.6) is 0 Å². The molecule has 0 saturated heterocycles. The van der Waals surface area contributed by atoms with Crippen LogP contribution in [0.1, 0.15) is 75.3 Å². The molecular weight excluding hydrogens is 359 g/mol. The summed E-state index contributed by atoms with van der Waals surface area (Å²) >= 11 is 0. The Labute approximate surface area is 166 Å². The average Bonchev–Trinajstić information content (AvgIpc) is 2.68. The Kier molecular flexibility index (Phi) is 6.69. The molecule has 1 fully saturated rings. The molecule has 1 aliphatic carbocycles. The van der Waals surface area contributed by atoms with Gasteiger partial charge in [0.25, 0.3) is 0 Å². The normalized spacial score (nSPS) is 20.3. The van der Waals surface area contributed by atoms with E-state index in [0.717, 1.165) is 17.5 Å². The first kappa shape index (κ1) is 20.8. The lowest BCUT2D eigenvalue weighted by atomic mass is 9.77. The largest absolute Gasteiger partial charge is 0.418 e. The number of alkyl halides is 3. The third kappa shape index (κ3) is 5.09. The molecule has 28 heavy (non-hydrogen) atoms. The zero-order chi connectivity index (χ0) is 20.1. The third-order valence-electron chi connectivity index (χ3n) is 6.14. The van der Waals surface area contributed by atoms with Gasteiger partial charge in [-0.05, 0) is 66.3 Å². The molecule has 1 saturated carbocycles. The van der Waals surface area contributed by atoms with Crippen LogP contribution in [-0.2, 0) is 6.18 Å². The van der Waals surface area contributed by atoms with E-state index < -0.39 is 11.7 Å². The summed E-state index contributed by atoms with van der Waals surface area (Å²) in [6, 6.07) is 12.2. The molecule has 4 heteroatoms. The number of anilines is 1. The summed E-state index contributed by atoms with van der Waals surface area (Å²) in [7, 11) is 0. The summed E-state index contributed by atoms with van der Waals surface area (Å²) in [5.74, 6) is 1.45. The van der Waals surface area contributed by atoms with Gasteiger partial charge in [0.05, 0.1) is 5.56 Å². The van der Waals surface area contributed by atoms with Crippen LogP contribution < -0.4 is 5.73 Å². The van der Waals surface area contributed by atoms with Gasteiger partial charge in [-0.1, -0.05) is 62.9 Å². The second kappa shape index (κ2) is 9.02. The van der Waals surface area contributed by atoms with Gasteiger partial charge in [-0.25, -0.2) is 0 Å². The lowest BCUT2D eigenvalue weighted by molar-refractivity contribution is -0.136. The molecule has 0 bridgehead atoms. The molecule has 2 N–H and O–H groups in total. The minimum Gasteiger partial charge on any atom is -0.398 e. The van der Waals surface area contributed by atoms with Crippen LogP contribution in [-0.4, -0.2) is 0 Å². The van der Waals surface area contributed by atoms with Crippen molar-refractivity contribution >= 4 is 5.69 Å². The van der Waals surface area contributed by atoms with Crippen molar-refractivity contribution in [1.29, 1.82) is 0 Å². The molecule has 1 nitrogen and oxygen atoms in total. The Balaban J connectivity index is 1.65. The van der Waals surface area contributed by atoms with Crippen LogP contribution in [0.25, 0.3) is 11.1 Å². The minimum atomic E-state index is -4.43. The van der Waals surface area contributed by atoms with Gasteiger partial charge in [-0.15, -0.1) is 0 Å². The summed E-state index contributed by atoms with van der Waals surface area (Å²) in [5.41, 5.74) is 7.15. The predicted octanol–water partition coefficient (Wildman–Crippen LogP) is 7.81. The van der Waals surface area contributed by atoms with Crippen LogP contribution >= 0.6 is 0 Å². The number of unbranched alkanes of at least 4 members (excludes halogenated alkanes) is 2. The fourth-order valence-electron chi connectivity index (χ4n) is 4.40. The van der Waals surface area contributed by atoms with Crippen LogP contribution in [0.15, 0.2) is 42.5 Å². The van der Waals surface area contributed by atoms with Gasteiger partial charge in [0, 0.05) is 5.69 Å². The van der Waals surface area contributed by atoms with E-state index in [2.05, 4.69) is 19.1 Å². The molecule has 0 aliphatic heterocycles. The van der Waals surface area contributed by atoms with E-state index in [1.807, 2.05) is 12.1 Å². The SMILES string of the molecule is CCCCCC1CCC(c2ccc(-c3ccc(N)c(C(F)(F)F)c3)cc2)CC1. The minimum absolute atomic E-state index is 0.233. The molecule has 0 aromatic heterocycles. The zero-order valence-corrected chi connectivity index (χ0v) is 16.6. The Morgan fingerprint density at radius 2 is 1.54 bits per heavy atom. The van der Waals surface area contributed by atoms with Crippen molar-refractivity contribution in [3.63, 3.8) is 0 Å². The van der Waals surface area contributed by atoms with Crippen molar-refractivity contribution in [2.45, 2.75) is 70.4 Å². The lowest BCUT2D eigenvalue weighted by Gasteiger charge is -2.29. The number of hydrogen-bond acceptors (Lipinski definition) is 1. The Morgan fingerprint density at radius 3 is 2.14 bits per heavy atom. The first-order valence-electron chi connectivity index (χ1n) is 10.5. The number of nitrogens with two attached hydrogens (primary N) is 1. The van der Waals surface area contributed by atoms with E-state index in [4.69, 9.17) is 5.73 Å². The fraction of sp³-hybridized carbons (Fsp3) is 0.500. The van der Waals surface area contributed by atoms with E-state index in [1.54, 1.807) is 6.07 Å². The molecule has 0 spiro atoms. The summed E-state index contributed by atoms with van der Waals surface area (Å²) < 4.78 is 39.3. The maximum atomic E-state index is 13.1. The Hall–Kier alpha value is -1.97. The van der Waals surface area contributed by atoms with Gasteiger partial charge >= 0.3 is 6.18 Å². The number of halogens is 3. The van der Waals surface area contributed by atoms with Crippen LogP contribution in [0.3, 0.4) is 0 Å². The van der Waals surface area contributed by atoms with E-state index in [-0.39, 0.29) is 5.69 Å². The fourth-order valence-corrected chi connectivity index (χ4v) is 4.40. The third-order valence-corrected chi connectivity index (χ3v) is 6.14. The van der Waals surface area contributed by atoms with E-state index in [0.29, 0.717) is 11.5 Å².